The van der Waals surface area contributed by atoms with E-state index in [2.05, 4.69) is 0 Å². The topological polar surface area (TPSA) is 87.2 Å². The van der Waals surface area contributed by atoms with Crippen LogP contribution in [0.25, 0.3) is 0 Å². The molecule has 0 spiro atoms. The number of hydrogen-bond acceptors (Lipinski definition) is 4. The number of sulfonamides is 1. The zero-order valence-corrected chi connectivity index (χ0v) is 11.0. The van der Waals surface area contributed by atoms with Gasteiger partial charge in [0.15, 0.2) is 0 Å². The molecule has 19 heavy (non-hydrogen) atoms. The lowest BCUT2D eigenvalue weighted by molar-refractivity contribution is 0.407. The maximum atomic E-state index is 13.8. The number of nitrogens with two attached hydrogens (primary N) is 1. The quantitative estimate of drug-likeness (QED) is 0.829. The first-order chi connectivity index (χ1) is 8.98. The van der Waals surface area contributed by atoms with Crippen LogP contribution < -0.4 is 5.73 Å². The van der Waals surface area contributed by atoms with Gasteiger partial charge in [-0.3, -0.25) is 0 Å². The molecule has 0 unspecified atom stereocenters. The number of hydrogen-bond donors (Lipinski definition) is 1. The van der Waals surface area contributed by atoms with Crippen molar-refractivity contribution in [2.45, 2.75) is 30.2 Å². The highest BCUT2D eigenvalue weighted by atomic mass is 32.2. The molecule has 0 heterocycles. The number of benzene rings is 1. The Kier molecular flexibility index (Phi) is 3.73. The Morgan fingerprint density at radius 1 is 1.47 bits per heavy atom. The van der Waals surface area contributed by atoms with Gasteiger partial charge in [0.1, 0.15) is 10.7 Å². The van der Waals surface area contributed by atoms with Crippen molar-refractivity contribution in [3.63, 3.8) is 0 Å². The van der Waals surface area contributed by atoms with E-state index in [1.165, 1.54) is 16.4 Å². The first kappa shape index (κ1) is 13.8. The molecule has 1 aromatic carbocycles. The summed E-state index contributed by atoms with van der Waals surface area (Å²) in [6.45, 7) is 0.0667. The Bertz CT molecular complexity index is 600. The van der Waals surface area contributed by atoms with Crippen LogP contribution in [0.15, 0.2) is 23.1 Å². The zero-order valence-electron chi connectivity index (χ0n) is 10.2. The van der Waals surface area contributed by atoms with E-state index in [0.29, 0.717) is 0 Å². The third kappa shape index (κ3) is 2.69. The third-order valence-corrected chi connectivity index (χ3v) is 5.01. The molecule has 0 aromatic heterocycles. The van der Waals surface area contributed by atoms with Crippen molar-refractivity contribution >= 4 is 15.7 Å². The Morgan fingerprint density at radius 2 is 2.16 bits per heavy atom. The van der Waals surface area contributed by atoms with E-state index >= 15 is 0 Å². The normalized spacial score (nSPS) is 15.4. The first-order valence-electron chi connectivity index (χ1n) is 5.91. The molecule has 1 aliphatic rings. The molecule has 0 aliphatic heterocycles. The van der Waals surface area contributed by atoms with Gasteiger partial charge in [0.2, 0.25) is 10.0 Å². The standard InChI is InChI=1S/C12H14FN3O2S/c13-10-3-1-4-11(15)12(10)19(17,18)16(8-2-7-14)9-5-6-9/h1,3-4,9H,2,5-6,8,15H2. The summed E-state index contributed by atoms with van der Waals surface area (Å²) in [6.07, 6.45) is 1.54. The monoisotopic (exact) mass is 283 g/mol. The maximum Gasteiger partial charge on any atom is 0.248 e. The second kappa shape index (κ2) is 5.15. The van der Waals surface area contributed by atoms with Crippen molar-refractivity contribution < 1.29 is 12.8 Å². The minimum atomic E-state index is -3.99. The first-order valence-corrected chi connectivity index (χ1v) is 7.35. The predicted molar refractivity (Wildman–Crippen MR) is 68.0 cm³/mol. The lowest BCUT2D eigenvalue weighted by Crippen LogP contribution is -2.35. The minimum Gasteiger partial charge on any atom is -0.398 e. The van der Waals surface area contributed by atoms with Gasteiger partial charge in [0.05, 0.1) is 11.8 Å². The van der Waals surface area contributed by atoms with Crippen LogP contribution in [-0.2, 0) is 10.0 Å². The summed E-state index contributed by atoms with van der Waals surface area (Å²) in [4.78, 5) is -0.486. The highest BCUT2D eigenvalue weighted by Gasteiger charge is 2.39. The van der Waals surface area contributed by atoms with Crippen molar-refractivity contribution in [1.29, 1.82) is 5.26 Å². The number of halogens is 1. The summed E-state index contributed by atoms with van der Waals surface area (Å²) in [6, 6.07) is 5.54. The zero-order chi connectivity index (χ0) is 14.0. The van der Waals surface area contributed by atoms with Crippen LogP contribution in [0.4, 0.5) is 10.1 Å². The molecule has 0 atom stereocenters. The number of nitrogens with zero attached hydrogens (tertiary/aromatic N) is 2. The van der Waals surface area contributed by atoms with Crippen LogP contribution in [0, 0.1) is 17.1 Å². The molecule has 1 fully saturated rings. The van der Waals surface area contributed by atoms with Gasteiger partial charge in [-0.05, 0) is 25.0 Å². The minimum absolute atomic E-state index is 0.0667. The van der Waals surface area contributed by atoms with E-state index < -0.39 is 20.7 Å². The second-order valence-corrected chi connectivity index (χ2v) is 6.24. The molecule has 102 valence electrons. The van der Waals surface area contributed by atoms with Gasteiger partial charge in [-0.25, -0.2) is 12.8 Å². The van der Waals surface area contributed by atoms with Crippen LogP contribution in [-0.4, -0.2) is 25.3 Å². The number of anilines is 1. The lowest BCUT2D eigenvalue weighted by Gasteiger charge is -2.21. The van der Waals surface area contributed by atoms with Crippen molar-refractivity contribution in [3.8, 4) is 6.07 Å². The van der Waals surface area contributed by atoms with E-state index in [9.17, 15) is 12.8 Å². The van der Waals surface area contributed by atoms with Crippen molar-refractivity contribution in [1.82, 2.24) is 4.31 Å². The molecule has 1 aromatic rings. The molecule has 1 saturated carbocycles. The average molecular weight is 283 g/mol. The summed E-state index contributed by atoms with van der Waals surface area (Å²) in [5, 5.41) is 8.59. The van der Waals surface area contributed by atoms with Crippen molar-refractivity contribution in [3.05, 3.63) is 24.0 Å². The molecule has 1 aliphatic carbocycles. The molecule has 7 heteroatoms. The Hall–Kier alpha value is -1.65. The van der Waals surface area contributed by atoms with Crippen LogP contribution in [0.5, 0.6) is 0 Å². The molecule has 2 rings (SSSR count). The molecule has 0 amide bonds. The van der Waals surface area contributed by atoms with Gasteiger partial charge in [0, 0.05) is 19.0 Å². The number of nitriles is 1. The highest BCUT2D eigenvalue weighted by molar-refractivity contribution is 7.89. The summed E-state index contributed by atoms with van der Waals surface area (Å²) >= 11 is 0. The highest BCUT2D eigenvalue weighted by Crippen LogP contribution is 2.34. The van der Waals surface area contributed by atoms with E-state index in [1.54, 1.807) is 0 Å². The summed E-state index contributed by atoms with van der Waals surface area (Å²) in [5.41, 5.74) is 5.47. The molecule has 2 N–H and O–H groups in total. The molecule has 5 nitrogen and oxygen atoms in total. The van der Waals surface area contributed by atoms with E-state index in [0.717, 1.165) is 18.9 Å². The van der Waals surface area contributed by atoms with Crippen LogP contribution in [0.3, 0.4) is 0 Å². The van der Waals surface area contributed by atoms with Crippen LogP contribution in [0.2, 0.25) is 0 Å². The largest absolute Gasteiger partial charge is 0.398 e. The average Bonchev–Trinajstić information content (AvgIpc) is 3.13. The molecule has 0 bridgehead atoms. The third-order valence-electron chi connectivity index (χ3n) is 2.96. The lowest BCUT2D eigenvalue weighted by atomic mass is 10.3. The molecule has 0 radical (unpaired) electrons. The fourth-order valence-corrected chi connectivity index (χ4v) is 3.79. The van der Waals surface area contributed by atoms with E-state index in [4.69, 9.17) is 11.0 Å². The Morgan fingerprint density at radius 3 is 2.68 bits per heavy atom. The van der Waals surface area contributed by atoms with Crippen molar-refractivity contribution in [2.75, 3.05) is 12.3 Å². The van der Waals surface area contributed by atoms with Gasteiger partial charge in [-0.1, -0.05) is 6.07 Å². The van der Waals surface area contributed by atoms with Crippen LogP contribution >= 0.6 is 0 Å². The van der Waals surface area contributed by atoms with E-state index in [1.807, 2.05) is 6.07 Å². The maximum absolute atomic E-state index is 13.8. The second-order valence-electron chi connectivity index (χ2n) is 4.41. The smallest absolute Gasteiger partial charge is 0.248 e. The fraction of sp³-hybridized carbons (Fsp3) is 0.417. The van der Waals surface area contributed by atoms with Crippen molar-refractivity contribution in [2.24, 2.45) is 0 Å². The SMILES string of the molecule is N#CCCN(C1CC1)S(=O)(=O)c1c(N)cccc1F. The van der Waals surface area contributed by atoms with E-state index in [-0.39, 0.29) is 24.7 Å². The Labute approximate surface area is 111 Å². The molecular weight excluding hydrogens is 269 g/mol. The summed E-state index contributed by atoms with van der Waals surface area (Å²) in [7, 11) is -3.99. The number of rotatable bonds is 5. The Balaban J connectivity index is 2.42. The van der Waals surface area contributed by atoms with Crippen LogP contribution in [0.1, 0.15) is 19.3 Å². The predicted octanol–water partition coefficient (Wildman–Crippen LogP) is 1.47. The summed E-state index contributed by atoms with van der Waals surface area (Å²) in [5.74, 6) is -0.859. The number of nitrogen functional groups attached to an aromatic ring is 1. The molecular formula is C12H14FN3O2S. The van der Waals surface area contributed by atoms with Gasteiger partial charge < -0.3 is 5.73 Å². The molecule has 0 saturated heterocycles. The van der Waals surface area contributed by atoms with Gasteiger partial charge in [-0.15, -0.1) is 0 Å². The fourth-order valence-electron chi connectivity index (χ4n) is 1.94. The van der Waals surface area contributed by atoms with Gasteiger partial charge in [-0.2, -0.15) is 9.57 Å². The van der Waals surface area contributed by atoms with Gasteiger partial charge >= 0.3 is 0 Å². The summed E-state index contributed by atoms with van der Waals surface area (Å²) < 4.78 is 39.9. The van der Waals surface area contributed by atoms with Gasteiger partial charge in [0.25, 0.3) is 0 Å².